The number of amides is 1. The van der Waals surface area contributed by atoms with Crippen molar-refractivity contribution < 1.29 is 19.8 Å². The molecule has 0 spiro atoms. The van der Waals surface area contributed by atoms with Crippen molar-refractivity contribution in [3.63, 3.8) is 0 Å². The van der Waals surface area contributed by atoms with Crippen molar-refractivity contribution in [2.24, 2.45) is 0 Å². The summed E-state index contributed by atoms with van der Waals surface area (Å²) in [6.45, 7) is 0. The number of anilines is 1. The fourth-order valence-electron chi connectivity index (χ4n) is 1.63. The summed E-state index contributed by atoms with van der Waals surface area (Å²) >= 11 is 11.7. The molecule has 2 rings (SSSR count). The molecule has 0 bridgehead atoms. The first kappa shape index (κ1) is 15.1. The van der Waals surface area contributed by atoms with E-state index in [1.54, 1.807) is 0 Å². The Hall–Kier alpha value is -2.31. The Morgan fingerprint density at radius 2 is 1.81 bits per heavy atom. The maximum atomic E-state index is 12.0. The van der Waals surface area contributed by atoms with E-state index in [4.69, 9.17) is 28.3 Å². The van der Waals surface area contributed by atoms with Crippen LogP contribution in [0.15, 0.2) is 30.5 Å². The van der Waals surface area contributed by atoms with Gasteiger partial charge in [-0.05, 0) is 24.3 Å². The van der Waals surface area contributed by atoms with Gasteiger partial charge in [0.1, 0.15) is 11.3 Å². The van der Waals surface area contributed by atoms with E-state index in [1.807, 2.05) is 0 Å². The van der Waals surface area contributed by atoms with Crippen molar-refractivity contribution in [1.29, 1.82) is 0 Å². The van der Waals surface area contributed by atoms with Gasteiger partial charge < -0.3 is 15.5 Å². The first-order valence-corrected chi connectivity index (χ1v) is 6.34. The second kappa shape index (κ2) is 5.99. The molecule has 108 valence electrons. The van der Waals surface area contributed by atoms with E-state index in [9.17, 15) is 14.7 Å². The van der Waals surface area contributed by atoms with E-state index in [0.717, 1.165) is 0 Å². The van der Waals surface area contributed by atoms with Crippen LogP contribution in [0.1, 0.15) is 20.8 Å². The van der Waals surface area contributed by atoms with Gasteiger partial charge in [-0.25, -0.2) is 9.78 Å². The Bertz CT molecular complexity index is 734. The van der Waals surface area contributed by atoms with Crippen molar-refractivity contribution in [2.45, 2.75) is 0 Å². The van der Waals surface area contributed by atoms with E-state index in [1.165, 1.54) is 30.5 Å². The summed E-state index contributed by atoms with van der Waals surface area (Å²) in [4.78, 5) is 27.0. The van der Waals surface area contributed by atoms with Crippen molar-refractivity contribution in [2.75, 3.05) is 5.32 Å². The molecule has 0 atom stereocenters. The number of nitrogens with zero attached hydrogens (tertiary/aromatic N) is 1. The summed E-state index contributed by atoms with van der Waals surface area (Å²) in [6.07, 6.45) is 1.31. The number of pyridine rings is 1. The van der Waals surface area contributed by atoms with Crippen LogP contribution in [0.2, 0.25) is 10.0 Å². The minimum atomic E-state index is -1.34. The lowest BCUT2D eigenvalue weighted by Gasteiger charge is -2.11. The number of carboxylic acids is 1. The number of benzene rings is 1. The van der Waals surface area contributed by atoms with E-state index < -0.39 is 11.9 Å². The highest BCUT2D eigenvalue weighted by molar-refractivity contribution is 6.38. The molecule has 2 aromatic rings. The molecule has 1 aromatic carbocycles. The van der Waals surface area contributed by atoms with Gasteiger partial charge in [0.15, 0.2) is 5.69 Å². The van der Waals surface area contributed by atoms with Gasteiger partial charge in [-0.2, -0.15) is 0 Å². The van der Waals surface area contributed by atoms with Gasteiger partial charge in [0.2, 0.25) is 0 Å². The molecule has 6 nitrogen and oxygen atoms in total. The SMILES string of the molecule is O=C(Nc1c(Cl)ccc(Cl)c1C(=O)O)c1ncccc1O. The highest BCUT2D eigenvalue weighted by atomic mass is 35.5. The average molecular weight is 327 g/mol. The zero-order valence-corrected chi connectivity index (χ0v) is 11.8. The van der Waals surface area contributed by atoms with E-state index in [2.05, 4.69) is 10.3 Å². The maximum absolute atomic E-state index is 12.0. The van der Waals surface area contributed by atoms with Gasteiger partial charge >= 0.3 is 5.97 Å². The summed E-state index contributed by atoms with van der Waals surface area (Å²) in [5, 5.41) is 20.9. The van der Waals surface area contributed by atoms with Crippen LogP contribution in [0, 0.1) is 0 Å². The molecule has 0 radical (unpaired) electrons. The third kappa shape index (κ3) is 3.07. The molecule has 0 unspecified atom stereocenters. The molecule has 1 amide bonds. The lowest BCUT2D eigenvalue weighted by molar-refractivity contribution is 0.0698. The van der Waals surface area contributed by atoms with Gasteiger partial charge in [-0.1, -0.05) is 23.2 Å². The number of aromatic hydroxyl groups is 1. The average Bonchev–Trinajstić information content (AvgIpc) is 2.43. The van der Waals surface area contributed by atoms with Crippen molar-refractivity contribution in [1.82, 2.24) is 4.98 Å². The van der Waals surface area contributed by atoms with E-state index in [0.29, 0.717) is 0 Å². The van der Waals surface area contributed by atoms with Crippen LogP contribution in [-0.4, -0.2) is 27.1 Å². The molecule has 0 saturated carbocycles. The van der Waals surface area contributed by atoms with Gasteiger partial charge in [0, 0.05) is 6.20 Å². The summed E-state index contributed by atoms with van der Waals surface area (Å²) in [6, 6.07) is 5.38. The van der Waals surface area contributed by atoms with Gasteiger partial charge in [-0.15, -0.1) is 0 Å². The van der Waals surface area contributed by atoms with Crippen LogP contribution in [0.4, 0.5) is 5.69 Å². The summed E-state index contributed by atoms with van der Waals surface area (Å²) in [5.74, 6) is -2.49. The number of nitrogens with one attached hydrogen (secondary N) is 1. The smallest absolute Gasteiger partial charge is 0.339 e. The Kier molecular flexibility index (Phi) is 4.30. The predicted octanol–water partition coefficient (Wildman–Crippen LogP) is 3.04. The normalized spacial score (nSPS) is 10.2. The highest BCUT2D eigenvalue weighted by Crippen LogP contribution is 2.32. The number of carbonyl (C=O) groups is 2. The summed E-state index contributed by atoms with van der Waals surface area (Å²) in [5.41, 5.74) is -0.760. The Morgan fingerprint density at radius 3 is 2.43 bits per heavy atom. The summed E-state index contributed by atoms with van der Waals surface area (Å²) < 4.78 is 0. The second-order valence-electron chi connectivity index (χ2n) is 3.91. The Labute approximate surface area is 129 Å². The fraction of sp³-hybridized carbons (Fsp3) is 0. The summed E-state index contributed by atoms with van der Waals surface area (Å²) in [7, 11) is 0. The first-order chi connectivity index (χ1) is 9.91. The molecule has 3 N–H and O–H groups in total. The van der Waals surface area contributed by atoms with Crippen molar-refractivity contribution in [3.05, 3.63) is 51.8 Å². The van der Waals surface area contributed by atoms with Gasteiger partial charge in [-0.3, -0.25) is 4.79 Å². The highest BCUT2D eigenvalue weighted by Gasteiger charge is 2.21. The molecule has 0 fully saturated rings. The van der Waals surface area contributed by atoms with Crippen molar-refractivity contribution in [3.8, 4) is 5.75 Å². The second-order valence-corrected chi connectivity index (χ2v) is 4.72. The number of aromatic nitrogens is 1. The molecule has 0 saturated heterocycles. The van der Waals surface area contributed by atoms with Crippen LogP contribution in [0.5, 0.6) is 5.75 Å². The van der Waals surface area contributed by atoms with E-state index in [-0.39, 0.29) is 32.7 Å². The number of hydrogen-bond donors (Lipinski definition) is 3. The minimum absolute atomic E-state index is 0.000529. The standard InChI is InChI=1S/C13H8Cl2N2O4/c14-6-3-4-7(15)10(9(6)13(20)21)17-12(19)11-8(18)2-1-5-16-11/h1-5,18H,(H,17,19)(H,20,21). The lowest BCUT2D eigenvalue weighted by atomic mass is 10.1. The van der Waals surface area contributed by atoms with Gasteiger partial charge in [0.05, 0.1) is 15.7 Å². The Morgan fingerprint density at radius 1 is 1.14 bits per heavy atom. The quantitative estimate of drug-likeness (QED) is 0.804. The molecule has 1 aromatic heterocycles. The number of carbonyl (C=O) groups excluding carboxylic acids is 1. The zero-order valence-electron chi connectivity index (χ0n) is 10.3. The van der Waals surface area contributed by atoms with Gasteiger partial charge in [0.25, 0.3) is 5.91 Å². The van der Waals surface area contributed by atoms with Crippen LogP contribution < -0.4 is 5.32 Å². The Balaban J connectivity index is 2.45. The number of halogens is 2. The number of carboxylic acid groups (broad SMARTS) is 1. The van der Waals surface area contributed by atoms with Crippen molar-refractivity contribution >= 4 is 40.8 Å². The molecule has 8 heteroatoms. The molecule has 0 aliphatic rings. The number of rotatable bonds is 3. The van der Waals surface area contributed by atoms with Crippen LogP contribution in [0.25, 0.3) is 0 Å². The molecular formula is C13H8Cl2N2O4. The first-order valence-electron chi connectivity index (χ1n) is 5.58. The molecule has 1 heterocycles. The van der Waals surface area contributed by atoms with Crippen LogP contribution in [-0.2, 0) is 0 Å². The third-order valence-electron chi connectivity index (χ3n) is 2.56. The van der Waals surface area contributed by atoms with Crippen LogP contribution in [0.3, 0.4) is 0 Å². The zero-order chi connectivity index (χ0) is 15.6. The monoisotopic (exact) mass is 326 g/mol. The largest absolute Gasteiger partial charge is 0.505 e. The number of hydrogen-bond acceptors (Lipinski definition) is 4. The molecule has 21 heavy (non-hydrogen) atoms. The number of aromatic carboxylic acids is 1. The molecule has 0 aliphatic heterocycles. The third-order valence-corrected chi connectivity index (χ3v) is 3.19. The van der Waals surface area contributed by atoms with Crippen LogP contribution >= 0.6 is 23.2 Å². The van der Waals surface area contributed by atoms with E-state index >= 15 is 0 Å². The minimum Gasteiger partial charge on any atom is -0.505 e. The topological polar surface area (TPSA) is 99.5 Å². The fourth-order valence-corrected chi connectivity index (χ4v) is 2.07. The molecular weight excluding hydrogens is 319 g/mol. The maximum Gasteiger partial charge on any atom is 0.339 e. The molecule has 0 aliphatic carbocycles. The lowest BCUT2D eigenvalue weighted by Crippen LogP contribution is -2.17. The predicted molar refractivity (Wildman–Crippen MR) is 77.3 cm³/mol.